The molecule has 2 aromatic carbocycles. The number of fused-ring (bicyclic) bond motifs is 1. The Labute approximate surface area is 202 Å². The summed E-state index contributed by atoms with van der Waals surface area (Å²) in [4.78, 5) is 22.0. The summed E-state index contributed by atoms with van der Waals surface area (Å²) in [5, 5.41) is 1.31. The van der Waals surface area contributed by atoms with Crippen molar-refractivity contribution in [3.8, 4) is 11.5 Å². The van der Waals surface area contributed by atoms with E-state index in [1.165, 1.54) is 11.3 Å². The Kier molecular flexibility index (Phi) is 7.82. The number of carbonyl (C=O) groups is 1. The summed E-state index contributed by atoms with van der Waals surface area (Å²) in [7, 11) is 3.18. The lowest BCUT2D eigenvalue weighted by atomic mass is 10.2. The van der Waals surface area contributed by atoms with Gasteiger partial charge in [-0.15, -0.1) is 0 Å². The number of halogens is 1. The number of rotatable bonds is 8. The molecular formula is C24H26ClN3O4S. The molecule has 0 bridgehead atoms. The second kappa shape index (κ2) is 11.0. The Morgan fingerprint density at radius 1 is 1.18 bits per heavy atom. The average Bonchev–Trinajstić information content (AvgIpc) is 3.26. The van der Waals surface area contributed by atoms with Crippen LogP contribution < -0.4 is 14.4 Å². The van der Waals surface area contributed by atoms with E-state index in [1.807, 2.05) is 36.4 Å². The zero-order valence-corrected chi connectivity index (χ0v) is 20.2. The first-order valence-corrected chi connectivity index (χ1v) is 11.8. The van der Waals surface area contributed by atoms with Crippen molar-refractivity contribution in [1.82, 2.24) is 9.88 Å². The smallest absolute Gasteiger partial charge is 0.252 e. The minimum Gasteiger partial charge on any atom is -0.493 e. The van der Waals surface area contributed by atoms with Crippen molar-refractivity contribution in [2.75, 3.05) is 58.5 Å². The third-order valence-corrected chi connectivity index (χ3v) is 6.68. The molecule has 0 radical (unpaired) electrons. The largest absolute Gasteiger partial charge is 0.493 e. The molecule has 0 unspecified atom stereocenters. The molecule has 1 amide bonds. The Balaban J connectivity index is 1.57. The van der Waals surface area contributed by atoms with Crippen LogP contribution in [0, 0.1) is 0 Å². The van der Waals surface area contributed by atoms with E-state index in [0.29, 0.717) is 41.4 Å². The van der Waals surface area contributed by atoms with E-state index >= 15 is 0 Å². The molecule has 0 atom stereocenters. The van der Waals surface area contributed by atoms with Gasteiger partial charge in [-0.25, -0.2) is 4.98 Å². The number of aromatic nitrogens is 1. The van der Waals surface area contributed by atoms with Gasteiger partial charge in [-0.1, -0.05) is 29.0 Å². The van der Waals surface area contributed by atoms with Gasteiger partial charge in [-0.2, -0.15) is 0 Å². The van der Waals surface area contributed by atoms with Gasteiger partial charge in [0.2, 0.25) is 0 Å². The van der Waals surface area contributed by atoms with Crippen molar-refractivity contribution in [3.63, 3.8) is 0 Å². The van der Waals surface area contributed by atoms with E-state index in [2.05, 4.69) is 4.90 Å². The van der Waals surface area contributed by atoms with Crippen LogP contribution in [0.2, 0.25) is 5.02 Å². The lowest BCUT2D eigenvalue weighted by Crippen LogP contribution is -2.42. The Morgan fingerprint density at radius 3 is 2.73 bits per heavy atom. The van der Waals surface area contributed by atoms with Crippen LogP contribution in [-0.4, -0.2) is 69.4 Å². The molecule has 33 heavy (non-hydrogen) atoms. The number of amides is 1. The molecule has 9 heteroatoms. The highest BCUT2D eigenvalue weighted by Gasteiger charge is 2.20. The second-order valence-electron chi connectivity index (χ2n) is 7.50. The van der Waals surface area contributed by atoms with Crippen LogP contribution in [0.3, 0.4) is 0 Å². The molecule has 1 saturated heterocycles. The Bertz CT molecular complexity index is 1140. The van der Waals surface area contributed by atoms with Crippen LogP contribution in [0.15, 0.2) is 42.5 Å². The van der Waals surface area contributed by atoms with Gasteiger partial charge in [-0.05, 0) is 42.0 Å². The number of carbonyl (C=O) groups excluding carboxylic acids is 1. The zero-order valence-electron chi connectivity index (χ0n) is 18.6. The molecule has 1 fully saturated rings. The molecule has 0 N–H and O–H groups in total. The van der Waals surface area contributed by atoms with Gasteiger partial charge in [0, 0.05) is 37.3 Å². The molecule has 1 aliphatic rings. The van der Waals surface area contributed by atoms with Crippen LogP contribution in [0.25, 0.3) is 16.3 Å². The van der Waals surface area contributed by atoms with Crippen LogP contribution in [0.1, 0.15) is 5.56 Å². The first-order chi connectivity index (χ1) is 16.1. The fourth-order valence-electron chi connectivity index (χ4n) is 3.58. The molecule has 174 valence electrons. The monoisotopic (exact) mass is 487 g/mol. The van der Waals surface area contributed by atoms with Crippen molar-refractivity contribution in [3.05, 3.63) is 53.1 Å². The van der Waals surface area contributed by atoms with E-state index in [-0.39, 0.29) is 5.91 Å². The number of anilines is 1. The SMILES string of the molecule is COc1ccc(/C=C/C(=O)N(CCN2CCOCC2)c2nc3ccc(Cl)cc3s2)cc1OC. The standard InChI is InChI=1S/C24H26ClN3O4S/c1-30-20-7-3-17(15-21(20)31-2)4-8-23(29)28(10-9-27-11-13-32-14-12-27)24-26-19-6-5-18(25)16-22(19)33-24/h3-8,15-16H,9-14H2,1-2H3/b8-4+. The molecule has 0 saturated carbocycles. The van der Waals surface area contributed by atoms with E-state index in [1.54, 1.807) is 31.3 Å². The molecular weight excluding hydrogens is 462 g/mol. The number of thiazole rings is 1. The van der Waals surface area contributed by atoms with Gasteiger partial charge in [-0.3, -0.25) is 14.6 Å². The van der Waals surface area contributed by atoms with Gasteiger partial charge >= 0.3 is 0 Å². The summed E-state index contributed by atoms with van der Waals surface area (Å²) in [6.45, 7) is 4.43. The molecule has 4 rings (SSSR count). The van der Waals surface area contributed by atoms with Gasteiger partial charge in [0.15, 0.2) is 16.6 Å². The van der Waals surface area contributed by atoms with Crippen LogP contribution in [-0.2, 0) is 9.53 Å². The highest BCUT2D eigenvalue weighted by molar-refractivity contribution is 7.22. The van der Waals surface area contributed by atoms with E-state index < -0.39 is 0 Å². The highest BCUT2D eigenvalue weighted by Crippen LogP contribution is 2.31. The molecule has 7 nitrogen and oxygen atoms in total. The third kappa shape index (κ3) is 5.83. The number of hydrogen-bond acceptors (Lipinski definition) is 7. The van der Waals surface area contributed by atoms with Crippen molar-refractivity contribution in [2.24, 2.45) is 0 Å². The number of hydrogen-bond donors (Lipinski definition) is 0. The molecule has 0 aliphatic carbocycles. The average molecular weight is 488 g/mol. The Morgan fingerprint density at radius 2 is 1.97 bits per heavy atom. The van der Waals surface area contributed by atoms with Crippen molar-refractivity contribution >= 4 is 50.3 Å². The lowest BCUT2D eigenvalue weighted by molar-refractivity contribution is -0.114. The summed E-state index contributed by atoms with van der Waals surface area (Å²) in [6.07, 6.45) is 3.34. The predicted molar refractivity (Wildman–Crippen MR) is 133 cm³/mol. The van der Waals surface area contributed by atoms with Crippen molar-refractivity contribution < 1.29 is 19.0 Å². The zero-order chi connectivity index (χ0) is 23.2. The topological polar surface area (TPSA) is 64.1 Å². The van der Waals surface area contributed by atoms with E-state index in [9.17, 15) is 4.79 Å². The second-order valence-corrected chi connectivity index (χ2v) is 8.95. The molecule has 1 aliphatic heterocycles. The maximum Gasteiger partial charge on any atom is 0.252 e. The minimum atomic E-state index is -0.136. The van der Waals surface area contributed by atoms with Crippen LogP contribution >= 0.6 is 22.9 Å². The summed E-state index contributed by atoms with van der Waals surface area (Å²) in [5.74, 6) is 1.11. The number of ether oxygens (including phenoxy) is 3. The molecule has 2 heterocycles. The van der Waals surface area contributed by atoms with E-state index in [4.69, 9.17) is 30.8 Å². The summed E-state index contributed by atoms with van der Waals surface area (Å²) < 4.78 is 17.0. The van der Waals surface area contributed by atoms with E-state index in [0.717, 1.165) is 35.4 Å². The normalized spacial score (nSPS) is 14.6. The minimum absolute atomic E-state index is 0.136. The number of benzene rings is 2. The highest BCUT2D eigenvalue weighted by atomic mass is 35.5. The summed E-state index contributed by atoms with van der Waals surface area (Å²) >= 11 is 7.61. The predicted octanol–water partition coefficient (Wildman–Crippen LogP) is 4.35. The Hall–Kier alpha value is -2.65. The van der Waals surface area contributed by atoms with Gasteiger partial charge in [0.25, 0.3) is 5.91 Å². The molecule has 0 spiro atoms. The van der Waals surface area contributed by atoms with Gasteiger partial charge < -0.3 is 14.2 Å². The lowest BCUT2D eigenvalue weighted by Gasteiger charge is -2.28. The van der Waals surface area contributed by atoms with Crippen LogP contribution in [0.5, 0.6) is 11.5 Å². The van der Waals surface area contributed by atoms with Crippen molar-refractivity contribution in [2.45, 2.75) is 0 Å². The number of methoxy groups -OCH3 is 2. The third-order valence-electron chi connectivity index (χ3n) is 5.41. The van der Waals surface area contributed by atoms with Gasteiger partial charge in [0.1, 0.15) is 0 Å². The number of morpholine rings is 1. The summed E-state index contributed by atoms with van der Waals surface area (Å²) in [5.41, 5.74) is 1.66. The maximum atomic E-state index is 13.3. The fourth-order valence-corrected chi connectivity index (χ4v) is 4.86. The molecule has 3 aromatic rings. The van der Waals surface area contributed by atoms with Crippen LogP contribution in [0.4, 0.5) is 5.13 Å². The summed E-state index contributed by atoms with van der Waals surface area (Å²) in [6, 6.07) is 11.1. The first kappa shape index (κ1) is 23.5. The quantitative estimate of drug-likeness (QED) is 0.440. The first-order valence-electron chi connectivity index (χ1n) is 10.6. The van der Waals surface area contributed by atoms with Crippen molar-refractivity contribution in [1.29, 1.82) is 0 Å². The maximum absolute atomic E-state index is 13.3. The fraction of sp³-hybridized carbons (Fsp3) is 0.333. The van der Waals surface area contributed by atoms with Gasteiger partial charge in [0.05, 0.1) is 37.6 Å². The number of nitrogens with zero attached hydrogens (tertiary/aromatic N) is 3. The molecule has 1 aromatic heterocycles.